The third-order valence-corrected chi connectivity index (χ3v) is 1.78. The smallest absolute Gasteiger partial charge is 0.0600 e. The van der Waals surface area contributed by atoms with Crippen molar-refractivity contribution in [1.29, 1.82) is 0 Å². The van der Waals surface area contributed by atoms with Crippen molar-refractivity contribution in [2.45, 2.75) is 0 Å². The molecule has 0 spiro atoms. The minimum atomic E-state index is 0.673. The molecule has 0 aromatic heterocycles. The lowest BCUT2D eigenvalue weighted by Gasteiger charge is -2.29. The molecule has 11 heavy (non-hydrogen) atoms. The minimum absolute atomic E-state index is 0.673. The highest BCUT2D eigenvalue weighted by atomic mass is 16.3. The fraction of sp³-hybridized carbons (Fsp3) is 0.714. The summed E-state index contributed by atoms with van der Waals surface area (Å²) in [5.41, 5.74) is 0. The van der Waals surface area contributed by atoms with Gasteiger partial charge in [-0.2, -0.15) is 0 Å². The minimum Gasteiger partial charge on any atom is -0.289 e. The first kappa shape index (κ1) is 8.02. The van der Waals surface area contributed by atoms with E-state index < -0.39 is 0 Å². The Morgan fingerprint density at radius 3 is 2.45 bits per heavy atom. The van der Waals surface area contributed by atoms with Gasteiger partial charge in [-0.3, -0.25) is 9.91 Å². The average molecular weight is 153 g/mol. The average Bonchev–Trinajstić information content (AvgIpc) is 2.07. The molecular weight excluding hydrogens is 142 g/mol. The van der Waals surface area contributed by atoms with Crippen LogP contribution >= 0.6 is 0 Å². The fourth-order valence-corrected chi connectivity index (χ4v) is 1.11. The largest absolute Gasteiger partial charge is 0.289 e. The van der Waals surface area contributed by atoms with Crippen molar-refractivity contribution in [1.82, 2.24) is 9.91 Å². The Balaban J connectivity index is 2.25. The number of nitroso groups, excluding NO2 is 1. The normalized spacial score (nSPS) is 19.4. The molecule has 0 N–H and O–H groups in total. The van der Waals surface area contributed by atoms with E-state index in [1.807, 2.05) is 0 Å². The second-order valence-electron chi connectivity index (χ2n) is 2.52. The van der Waals surface area contributed by atoms with Gasteiger partial charge in [0.05, 0.1) is 24.9 Å². The summed E-state index contributed by atoms with van der Waals surface area (Å²) in [6, 6.07) is 0. The Labute approximate surface area is 66.1 Å². The number of nitrogens with zero attached hydrogens (tertiary/aromatic N) is 3. The molecule has 0 aromatic rings. The predicted molar refractivity (Wildman–Crippen MR) is 42.6 cm³/mol. The number of hydrogen-bond acceptors (Lipinski definition) is 3. The van der Waals surface area contributed by atoms with Gasteiger partial charge in [0, 0.05) is 13.1 Å². The first-order valence-electron chi connectivity index (χ1n) is 3.61. The third-order valence-electron chi connectivity index (χ3n) is 1.78. The highest BCUT2D eigenvalue weighted by molar-refractivity contribution is 4.89. The fourth-order valence-electron chi connectivity index (χ4n) is 1.11. The van der Waals surface area contributed by atoms with E-state index in [0.717, 1.165) is 13.1 Å². The monoisotopic (exact) mass is 153 g/mol. The van der Waals surface area contributed by atoms with E-state index in [4.69, 9.17) is 6.42 Å². The van der Waals surface area contributed by atoms with Gasteiger partial charge < -0.3 is 0 Å². The van der Waals surface area contributed by atoms with Crippen LogP contribution in [0.25, 0.3) is 0 Å². The van der Waals surface area contributed by atoms with Crippen LogP contribution in [0.15, 0.2) is 5.29 Å². The summed E-state index contributed by atoms with van der Waals surface area (Å²) in [6.45, 7) is 3.76. The topological polar surface area (TPSA) is 35.9 Å². The third kappa shape index (κ3) is 2.20. The zero-order valence-corrected chi connectivity index (χ0v) is 6.36. The van der Waals surface area contributed by atoms with E-state index in [9.17, 15) is 4.91 Å². The molecule has 1 rings (SSSR count). The van der Waals surface area contributed by atoms with Crippen LogP contribution in [0.2, 0.25) is 0 Å². The zero-order chi connectivity index (χ0) is 8.10. The SMILES string of the molecule is C#CCN1CCN(N=O)CC1. The number of rotatable bonds is 2. The second-order valence-corrected chi connectivity index (χ2v) is 2.52. The lowest BCUT2D eigenvalue weighted by molar-refractivity contribution is 0.146. The maximum Gasteiger partial charge on any atom is 0.0600 e. The van der Waals surface area contributed by atoms with Gasteiger partial charge in [-0.05, 0) is 0 Å². The Morgan fingerprint density at radius 1 is 1.36 bits per heavy atom. The Kier molecular flexibility index (Phi) is 2.87. The van der Waals surface area contributed by atoms with E-state index in [1.165, 1.54) is 5.01 Å². The molecule has 60 valence electrons. The Hall–Kier alpha value is -1.08. The van der Waals surface area contributed by atoms with Crippen molar-refractivity contribution in [3.05, 3.63) is 4.91 Å². The van der Waals surface area contributed by atoms with Gasteiger partial charge in [-0.1, -0.05) is 5.92 Å². The molecule has 4 nitrogen and oxygen atoms in total. The zero-order valence-electron chi connectivity index (χ0n) is 6.36. The number of piperazine rings is 1. The summed E-state index contributed by atoms with van der Waals surface area (Å²) in [6.07, 6.45) is 5.14. The Bertz CT molecular complexity index is 167. The summed E-state index contributed by atoms with van der Waals surface area (Å²) in [5, 5.41) is 4.37. The first-order chi connectivity index (χ1) is 5.36. The summed E-state index contributed by atoms with van der Waals surface area (Å²) < 4.78 is 0. The lowest BCUT2D eigenvalue weighted by atomic mass is 10.3. The highest BCUT2D eigenvalue weighted by Crippen LogP contribution is 1.99. The van der Waals surface area contributed by atoms with Crippen molar-refractivity contribution in [3.8, 4) is 12.3 Å². The molecule has 1 aliphatic heterocycles. The molecule has 0 atom stereocenters. The van der Waals surface area contributed by atoms with Crippen LogP contribution in [0, 0.1) is 17.3 Å². The van der Waals surface area contributed by atoms with Crippen LogP contribution in [-0.4, -0.2) is 42.6 Å². The summed E-state index contributed by atoms with van der Waals surface area (Å²) in [7, 11) is 0. The van der Waals surface area contributed by atoms with Gasteiger partial charge in [-0.15, -0.1) is 11.3 Å². The maximum absolute atomic E-state index is 10.0. The molecule has 1 aliphatic rings. The number of hydrogen-bond donors (Lipinski definition) is 0. The van der Waals surface area contributed by atoms with Crippen LogP contribution in [0.5, 0.6) is 0 Å². The predicted octanol–water partition coefficient (Wildman–Crippen LogP) is -0.0814. The maximum atomic E-state index is 10.0. The van der Waals surface area contributed by atoms with E-state index in [-0.39, 0.29) is 0 Å². The van der Waals surface area contributed by atoms with Crippen LogP contribution in [0.3, 0.4) is 0 Å². The highest BCUT2D eigenvalue weighted by Gasteiger charge is 2.14. The molecule has 1 heterocycles. The van der Waals surface area contributed by atoms with Gasteiger partial charge in [0.25, 0.3) is 0 Å². The summed E-state index contributed by atoms with van der Waals surface area (Å²) in [5.74, 6) is 2.57. The molecule has 0 aliphatic carbocycles. The van der Waals surface area contributed by atoms with Crippen LogP contribution < -0.4 is 0 Å². The van der Waals surface area contributed by atoms with Crippen LogP contribution in [0.4, 0.5) is 0 Å². The summed E-state index contributed by atoms with van der Waals surface area (Å²) >= 11 is 0. The lowest BCUT2D eigenvalue weighted by Crippen LogP contribution is -2.43. The first-order valence-corrected chi connectivity index (χ1v) is 3.61. The van der Waals surface area contributed by atoms with Crippen molar-refractivity contribution in [2.75, 3.05) is 32.7 Å². The van der Waals surface area contributed by atoms with Crippen LogP contribution in [-0.2, 0) is 0 Å². The second kappa shape index (κ2) is 3.94. The molecule has 0 amide bonds. The molecule has 4 heteroatoms. The molecular formula is C7H11N3O. The van der Waals surface area contributed by atoms with Gasteiger partial charge in [-0.25, -0.2) is 0 Å². The quantitative estimate of drug-likeness (QED) is 0.411. The van der Waals surface area contributed by atoms with Crippen molar-refractivity contribution in [3.63, 3.8) is 0 Å². The van der Waals surface area contributed by atoms with Crippen molar-refractivity contribution < 1.29 is 0 Å². The Morgan fingerprint density at radius 2 is 2.00 bits per heavy atom. The van der Waals surface area contributed by atoms with E-state index in [2.05, 4.69) is 16.1 Å². The molecule has 0 radical (unpaired) electrons. The van der Waals surface area contributed by atoms with Gasteiger partial charge in [0.2, 0.25) is 0 Å². The summed E-state index contributed by atoms with van der Waals surface area (Å²) in [4.78, 5) is 12.2. The van der Waals surface area contributed by atoms with E-state index >= 15 is 0 Å². The van der Waals surface area contributed by atoms with Gasteiger partial charge in [0.15, 0.2) is 0 Å². The molecule has 0 bridgehead atoms. The standard InChI is InChI=1S/C7H11N3O/c1-2-3-9-4-6-10(8-11)7-5-9/h1H,3-7H2. The molecule has 0 aromatic carbocycles. The van der Waals surface area contributed by atoms with Crippen LogP contribution in [0.1, 0.15) is 0 Å². The van der Waals surface area contributed by atoms with Crippen molar-refractivity contribution >= 4 is 0 Å². The van der Waals surface area contributed by atoms with Crippen molar-refractivity contribution in [2.24, 2.45) is 5.29 Å². The van der Waals surface area contributed by atoms with Gasteiger partial charge in [0.1, 0.15) is 0 Å². The number of terminal acetylenes is 1. The molecule has 0 saturated carbocycles. The molecule has 1 saturated heterocycles. The molecule has 0 unspecified atom stereocenters. The van der Waals surface area contributed by atoms with E-state index in [0.29, 0.717) is 19.6 Å². The van der Waals surface area contributed by atoms with Gasteiger partial charge >= 0.3 is 0 Å². The molecule has 1 fully saturated rings. The van der Waals surface area contributed by atoms with E-state index in [1.54, 1.807) is 0 Å².